The van der Waals surface area contributed by atoms with Gasteiger partial charge in [-0.3, -0.25) is 9.59 Å². The summed E-state index contributed by atoms with van der Waals surface area (Å²) >= 11 is -1.02. The van der Waals surface area contributed by atoms with E-state index in [2.05, 4.69) is 10.6 Å². The number of ether oxygens (including phenoxy) is 2. The molecule has 1 unspecified atom stereocenters. The maximum absolute atomic E-state index is 13.0. The molecule has 11 heteroatoms. The first kappa shape index (κ1) is 31.4. The zero-order valence-electron chi connectivity index (χ0n) is 24.8. The van der Waals surface area contributed by atoms with Crippen LogP contribution in [0.15, 0.2) is 54.2 Å². The number of nitrogens with one attached hydrogen (secondary N) is 3. The quantitative estimate of drug-likeness (QED) is 0.184. The van der Waals surface area contributed by atoms with E-state index in [4.69, 9.17) is 14.9 Å². The molecule has 4 rings (SSSR count). The summed E-state index contributed by atoms with van der Waals surface area (Å²) in [6, 6.07) is 12.9. The minimum atomic E-state index is -1.02. The smallest absolute Gasteiger partial charge is 0.267 e. The number of para-hydroxylation sites is 1. The molecule has 1 atom stereocenters. The molecular weight excluding hydrogens is 554 g/mol. The minimum absolute atomic E-state index is 0.0329. The molecule has 2 aliphatic rings. The van der Waals surface area contributed by atoms with E-state index in [1.54, 1.807) is 37.3 Å². The lowest BCUT2D eigenvalue weighted by atomic mass is 10.1. The molecule has 1 saturated heterocycles. The summed E-state index contributed by atoms with van der Waals surface area (Å²) < 4.78 is 26.0. The molecule has 2 fully saturated rings. The third-order valence-corrected chi connectivity index (χ3v) is 8.99. The van der Waals surface area contributed by atoms with Gasteiger partial charge in [0.25, 0.3) is 11.8 Å². The number of likely N-dealkylation sites (N-methyl/N-ethyl adjacent to an activating group) is 1. The molecular formula is C31H41N5O5S. The Bertz CT molecular complexity index is 1290. The van der Waals surface area contributed by atoms with Crippen molar-refractivity contribution in [2.45, 2.75) is 45.1 Å². The largest absolute Gasteiger partial charge is 0.598 e. The summed E-state index contributed by atoms with van der Waals surface area (Å²) in [5.41, 5.74) is 3.08. The van der Waals surface area contributed by atoms with Crippen LogP contribution in [0.25, 0.3) is 0 Å². The molecule has 0 aromatic heterocycles. The number of hydrogen-bond donors (Lipinski definition) is 3. The van der Waals surface area contributed by atoms with Crippen LogP contribution in [0.1, 0.15) is 48.2 Å². The van der Waals surface area contributed by atoms with Crippen LogP contribution < -0.4 is 20.1 Å². The molecule has 2 aromatic rings. The van der Waals surface area contributed by atoms with Crippen LogP contribution >= 0.6 is 0 Å². The number of allylic oxidation sites excluding steroid dienone is 1. The summed E-state index contributed by atoms with van der Waals surface area (Å²) in [7, 11) is 3.23. The highest BCUT2D eigenvalue weighted by Gasteiger charge is 2.30. The topological polar surface area (TPSA) is 130 Å². The van der Waals surface area contributed by atoms with E-state index in [0.29, 0.717) is 54.7 Å². The van der Waals surface area contributed by atoms with Gasteiger partial charge in [0.2, 0.25) is 0 Å². The molecule has 0 radical (unpaired) electrons. The molecule has 1 aliphatic heterocycles. The van der Waals surface area contributed by atoms with E-state index < -0.39 is 11.4 Å². The predicted molar refractivity (Wildman–Crippen MR) is 164 cm³/mol. The van der Waals surface area contributed by atoms with Crippen LogP contribution in [0.4, 0.5) is 0 Å². The Morgan fingerprint density at radius 1 is 1.12 bits per heavy atom. The average Bonchev–Trinajstić information content (AvgIpc) is 3.87. The Morgan fingerprint density at radius 3 is 2.40 bits per heavy atom. The summed E-state index contributed by atoms with van der Waals surface area (Å²) in [5, 5.41) is 13.9. The molecule has 1 saturated carbocycles. The van der Waals surface area contributed by atoms with Crippen LogP contribution in [-0.4, -0.2) is 76.9 Å². The van der Waals surface area contributed by atoms with E-state index in [1.807, 2.05) is 48.5 Å². The fourth-order valence-corrected chi connectivity index (χ4v) is 5.81. The molecule has 0 spiro atoms. The van der Waals surface area contributed by atoms with Crippen LogP contribution in [-0.2, 0) is 29.3 Å². The number of carbonyl (C=O) groups is 2. The first-order valence-electron chi connectivity index (χ1n) is 14.3. The van der Waals surface area contributed by atoms with Crippen molar-refractivity contribution in [1.82, 2.24) is 19.8 Å². The highest BCUT2D eigenvalue weighted by molar-refractivity contribution is 7.89. The van der Waals surface area contributed by atoms with E-state index in [9.17, 15) is 14.1 Å². The van der Waals surface area contributed by atoms with Crippen molar-refractivity contribution in [2.75, 3.05) is 40.3 Å². The molecule has 42 heavy (non-hydrogen) atoms. The van der Waals surface area contributed by atoms with Crippen molar-refractivity contribution < 1.29 is 23.6 Å². The summed E-state index contributed by atoms with van der Waals surface area (Å²) in [5.74, 6) is 1.01. The van der Waals surface area contributed by atoms with Gasteiger partial charge in [-0.2, -0.15) is 0 Å². The molecule has 3 N–H and O–H groups in total. The van der Waals surface area contributed by atoms with Crippen LogP contribution in [0.3, 0.4) is 0 Å². The Morgan fingerprint density at radius 2 is 1.81 bits per heavy atom. The van der Waals surface area contributed by atoms with E-state index >= 15 is 0 Å². The average molecular weight is 596 g/mol. The van der Waals surface area contributed by atoms with E-state index in [0.717, 1.165) is 24.0 Å². The van der Waals surface area contributed by atoms with Crippen molar-refractivity contribution in [3.8, 4) is 11.5 Å². The molecule has 0 bridgehead atoms. The number of carbonyl (C=O) groups excluding carboxylic acids is 2. The fraction of sp³-hybridized carbons (Fsp3) is 0.452. The van der Waals surface area contributed by atoms with Gasteiger partial charge in [-0.05, 0) is 56.5 Å². The minimum Gasteiger partial charge on any atom is -0.598 e. The van der Waals surface area contributed by atoms with Gasteiger partial charge in [-0.15, -0.1) is 4.31 Å². The van der Waals surface area contributed by atoms with Crippen molar-refractivity contribution in [3.63, 3.8) is 0 Å². The second-order valence-electron chi connectivity index (χ2n) is 10.7. The standard InChI is InChI=1S/C31H41N5O5S/c1-21(2)42(39)36-16-14-35(15-17-36)31(38)24-10-8-22(9-11-24)20-41-28-7-5-6-25(29(28)40-4)19-34-30(37)27(33-3)18-26(32)23-12-13-23/h5-11,18,21,23,32-33H,12-17,19-20H2,1-4H3,(H,34,37)/b27-18-,32-26?. The second-order valence-corrected chi connectivity index (χ2v) is 12.7. The Labute approximate surface area is 251 Å². The van der Waals surface area contributed by atoms with Gasteiger partial charge >= 0.3 is 0 Å². The van der Waals surface area contributed by atoms with Gasteiger partial charge in [-0.25, -0.2) is 0 Å². The summed E-state index contributed by atoms with van der Waals surface area (Å²) in [6.45, 7) is 6.69. The maximum atomic E-state index is 13.0. The SMILES string of the molecule is CN/C(=C\C(=N)C1CC1)C(=O)NCc1cccc(OCc2ccc(C(=O)N3CCN([S+]([O-])C(C)C)CC3)cc2)c1OC. The molecule has 2 amide bonds. The number of hydrogen-bond acceptors (Lipinski definition) is 8. The van der Waals surface area contributed by atoms with Crippen molar-refractivity contribution in [3.05, 3.63) is 70.9 Å². The monoisotopic (exact) mass is 595 g/mol. The Balaban J connectivity index is 1.31. The number of benzene rings is 2. The van der Waals surface area contributed by atoms with E-state index in [1.165, 1.54) is 0 Å². The van der Waals surface area contributed by atoms with Gasteiger partial charge < -0.3 is 35.0 Å². The molecule has 2 aromatic carbocycles. The number of methoxy groups -OCH3 is 1. The Kier molecular flexibility index (Phi) is 10.9. The van der Waals surface area contributed by atoms with Crippen molar-refractivity contribution in [1.29, 1.82) is 5.41 Å². The van der Waals surface area contributed by atoms with Gasteiger partial charge in [0.15, 0.2) is 11.5 Å². The number of amides is 2. The Hall–Kier alpha value is -3.54. The normalized spacial score (nSPS) is 16.6. The summed E-state index contributed by atoms with van der Waals surface area (Å²) in [6.07, 6.45) is 3.60. The highest BCUT2D eigenvalue weighted by atomic mass is 32.2. The first-order chi connectivity index (χ1) is 20.2. The number of nitrogens with zero attached hydrogens (tertiary/aromatic N) is 2. The number of piperazine rings is 1. The maximum Gasteiger partial charge on any atom is 0.267 e. The van der Waals surface area contributed by atoms with E-state index in [-0.39, 0.29) is 36.1 Å². The van der Waals surface area contributed by atoms with Crippen molar-refractivity contribution >= 4 is 28.9 Å². The molecule has 1 heterocycles. The summed E-state index contributed by atoms with van der Waals surface area (Å²) in [4.78, 5) is 27.5. The van der Waals surface area contributed by atoms with Crippen molar-refractivity contribution in [2.24, 2.45) is 5.92 Å². The second kappa shape index (κ2) is 14.6. The zero-order valence-corrected chi connectivity index (χ0v) is 25.6. The fourth-order valence-electron chi connectivity index (χ4n) is 4.69. The lowest BCUT2D eigenvalue weighted by Gasteiger charge is -2.35. The third kappa shape index (κ3) is 8.05. The lowest BCUT2D eigenvalue weighted by molar-refractivity contribution is -0.118. The third-order valence-electron chi connectivity index (χ3n) is 7.31. The van der Waals surface area contributed by atoms with Gasteiger partial charge in [0.1, 0.15) is 17.6 Å². The molecule has 226 valence electrons. The zero-order chi connectivity index (χ0) is 30.2. The molecule has 1 aliphatic carbocycles. The van der Waals surface area contributed by atoms with Crippen LogP contribution in [0.2, 0.25) is 0 Å². The number of rotatable bonds is 13. The first-order valence-corrected chi connectivity index (χ1v) is 15.5. The molecule has 10 nitrogen and oxygen atoms in total. The van der Waals surface area contributed by atoms with Crippen LogP contribution in [0, 0.1) is 11.3 Å². The van der Waals surface area contributed by atoms with Gasteiger partial charge in [-0.1, -0.05) is 24.3 Å². The highest BCUT2D eigenvalue weighted by Crippen LogP contribution is 2.32. The lowest BCUT2D eigenvalue weighted by Crippen LogP contribution is -2.51. The predicted octanol–water partition coefficient (Wildman–Crippen LogP) is 3.25. The van der Waals surface area contributed by atoms with Crippen LogP contribution in [0.5, 0.6) is 11.5 Å². The van der Waals surface area contributed by atoms with Gasteiger partial charge in [0, 0.05) is 60.8 Å². The van der Waals surface area contributed by atoms with Gasteiger partial charge in [0.05, 0.1) is 20.2 Å².